The van der Waals surface area contributed by atoms with Crippen LogP contribution in [-0.4, -0.2) is 22.4 Å². The summed E-state index contributed by atoms with van der Waals surface area (Å²) in [6.07, 6.45) is 4.38. The zero-order chi connectivity index (χ0) is 13.7. The van der Waals surface area contributed by atoms with Gasteiger partial charge in [-0.25, -0.2) is 4.98 Å². The third-order valence-electron chi connectivity index (χ3n) is 2.41. The lowest BCUT2D eigenvalue weighted by atomic mass is 10.3. The molecule has 19 heavy (non-hydrogen) atoms. The summed E-state index contributed by atoms with van der Waals surface area (Å²) in [5.41, 5.74) is 1.28. The molecule has 2 aromatic heterocycles. The summed E-state index contributed by atoms with van der Waals surface area (Å²) in [4.78, 5) is 21.2. The van der Waals surface area contributed by atoms with Gasteiger partial charge >= 0.3 is 0 Å². The number of rotatable bonds is 5. The molecule has 0 unspecified atom stereocenters. The number of pyridine rings is 1. The summed E-state index contributed by atoms with van der Waals surface area (Å²) in [6.45, 7) is 4.91. The molecule has 2 N–H and O–H groups in total. The molecule has 5 nitrogen and oxygen atoms in total. The van der Waals surface area contributed by atoms with Crippen molar-refractivity contribution in [2.45, 2.75) is 20.3 Å². The van der Waals surface area contributed by atoms with Gasteiger partial charge in [0, 0.05) is 29.5 Å². The van der Waals surface area contributed by atoms with Crippen molar-refractivity contribution < 1.29 is 4.79 Å². The molecule has 0 radical (unpaired) electrons. The highest BCUT2D eigenvalue weighted by Gasteiger charge is 2.10. The fourth-order valence-electron chi connectivity index (χ4n) is 1.51. The summed E-state index contributed by atoms with van der Waals surface area (Å²) in [5, 5.41) is 6.56. The van der Waals surface area contributed by atoms with Crippen molar-refractivity contribution in [1.82, 2.24) is 9.97 Å². The lowest BCUT2D eigenvalue weighted by molar-refractivity contribution is 0.102. The van der Waals surface area contributed by atoms with Crippen LogP contribution in [0.3, 0.4) is 0 Å². The molecule has 1 amide bonds. The predicted molar refractivity (Wildman–Crippen MR) is 77.8 cm³/mol. The molecule has 0 aliphatic heterocycles. The number of amides is 1. The van der Waals surface area contributed by atoms with Gasteiger partial charge in [-0.2, -0.15) is 0 Å². The SMILES string of the molecule is CCCNc1ccnc(C(=O)Nc2ncc(C)s2)c1. The van der Waals surface area contributed by atoms with Crippen LogP contribution in [0.5, 0.6) is 0 Å². The lowest BCUT2D eigenvalue weighted by Gasteiger charge is -2.06. The van der Waals surface area contributed by atoms with Crippen molar-refractivity contribution in [2.24, 2.45) is 0 Å². The number of nitrogens with one attached hydrogen (secondary N) is 2. The minimum atomic E-state index is -0.241. The Morgan fingerprint density at radius 3 is 2.95 bits per heavy atom. The summed E-state index contributed by atoms with van der Waals surface area (Å²) in [7, 11) is 0. The second-order valence-corrected chi connectivity index (χ2v) is 5.32. The number of carbonyl (C=O) groups excluding carboxylic acids is 1. The Hall–Kier alpha value is -1.95. The van der Waals surface area contributed by atoms with Crippen molar-refractivity contribution in [3.63, 3.8) is 0 Å². The monoisotopic (exact) mass is 276 g/mol. The maximum Gasteiger partial charge on any atom is 0.276 e. The largest absolute Gasteiger partial charge is 0.385 e. The van der Waals surface area contributed by atoms with Gasteiger partial charge in [-0.05, 0) is 25.5 Å². The molecule has 2 rings (SSSR count). The second kappa shape index (κ2) is 6.29. The lowest BCUT2D eigenvalue weighted by Crippen LogP contribution is -2.14. The first-order chi connectivity index (χ1) is 9.19. The number of hydrogen-bond acceptors (Lipinski definition) is 5. The summed E-state index contributed by atoms with van der Waals surface area (Å²) in [6, 6.07) is 3.59. The molecule has 2 heterocycles. The smallest absolute Gasteiger partial charge is 0.276 e. The minimum absolute atomic E-state index is 0.241. The third kappa shape index (κ3) is 3.75. The fourth-order valence-corrected chi connectivity index (χ4v) is 2.17. The Kier molecular flexibility index (Phi) is 4.46. The normalized spacial score (nSPS) is 10.2. The van der Waals surface area contributed by atoms with Crippen LogP contribution in [0.4, 0.5) is 10.8 Å². The Morgan fingerprint density at radius 2 is 2.26 bits per heavy atom. The van der Waals surface area contributed by atoms with Gasteiger partial charge in [0.1, 0.15) is 5.69 Å². The van der Waals surface area contributed by atoms with Crippen molar-refractivity contribution in [3.05, 3.63) is 35.1 Å². The molecule has 0 atom stereocenters. The van der Waals surface area contributed by atoms with Crippen LogP contribution in [0.25, 0.3) is 0 Å². The van der Waals surface area contributed by atoms with Crippen LogP contribution in [0.1, 0.15) is 28.7 Å². The van der Waals surface area contributed by atoms with Crippen molar-refractivity contribution in [2.75, 3.05) is 17.2 Å². The average Bonchev–Trinajstić information content (AvgIpc) is 2.82. The Morgan fingerprint density at radius 1 is 1.42 bits per heavy atom. The number of carbonyl (C=O) groups is 1. The maximum absolute atomic E-state index is 12.0. The molecule has 100 valence electrons. The van der Waals surface area contributed by atoms with E-state index in [4.69, 9.17) is 0 Å². The van der Waals surface area contributed by atoms with Gasteiger partial charge in [-0.1, -0.05) is 6.92 Å². The Bertz CT molecular complexity index is 567. The third-order valence-corrected chi connectivity index (χ3v) is 3.24. The number of hydrogen-bond donors (Lipinski definition) is 2. The quantitative estimate of drug-likeness (QED) is 0.881. The number of anilines is 2. The van der Waals surface area contributed by atoms with Gasteiger partial charge < -0.3 is 5.32 Å². The molecule has 0 saturated carbocycles. The van der Waals surface area contributed by atoms with Gasteiger partial charge in [0.05, 0.1) is 0 Å². The first kappa shape index (κ1) is 13.5. The van der Waals surface area contributed by atoms with E-state index in [1.165, 1.54) is 11.3 Å². The number of aryl methyl sites for hydroxylation is 1. The van der Waals surface area contributed by atoms with Crippen LogP contribution in [0.15, 0.2) is 24.5 Å². The number of thiazole rings is 1. The first-order valence-corrected chi connectivity index (χ1v) is 6.94. The summed E-state index contributed by atoms with van der Waals surface area (Å²) < 4.78 is 0. The van der Waals surface area contributed by atoms with E-state index >= 15 is 0 Å². The highest BCUT2D eigenvalue weighted by molar-refractivity contribution is 7.15. The van der Waals surface area contributed by atoms with E-state index in [2.05, 4.69) is 27.5 Å². The van der Waals surface area contributed by atoms with E-state index in [-0.39, 0.29) is 5.91 Å². The van der Waals surface area contributed by atoms with Gasteiger partial charge in [-0.3, -0.25) is 15.1 Å². The van der Waals surface area contributed by atoms with E-state index < -0.39 is 0 Å². The standard InChI is InChI=1S/C13H16N4OS/c1-3-5-14-10-4-6-15-11(7-10)12(18)17-13-16-8-9(2)19-13/h4,6-8H,3,5H2,1-2H3,(H,14,15)(H,16,17,18). The topological polar surface area (TPSA) is 66.9 Å². The second-order valence-electron chi connectivity index (χ2n) is 4.09. The highest BCUT2D eigenvalue weighted by atomic mass is 32.1. The van der Waals surface area contributed by atoms with Gasteiger partial charge in [0.25, 0.3) is 5.91 Å². The van der Waals surface area contributed by atoms with Crippen molar-refractivity contribution in [3.8, 4) is 0 Å². The van der Waals surface area contributed by atoms with E-state index in [0.717, 1.165) is 23.5 Å². The van der Waals surface area contributed by atoms with Crippen molar-refractivity contribution >= 4 is 28.1 Å². The molecule has 0 saturated heterocycles. The molecule has 2 aromatic rings. The summed E-state index contributed by atoms with van der Waals surface area (Å²) in [5.74, 6) is -0.241. The molecule has 0 spiro atoms. The van der Waals surface area contributed by atoms with Crippen LogP contribution in [0.2, 0.25) is 0 Å². The molecule has 6 heteroatoms. The van der Waals surface area contributed by atoms with Crippen molar-refractivity contribution in [1.29, 1.82) is 0 Å². The molecular weight excluding hydrogens is 260 g/mol. The highest BCUT2D eigenvalue weighted by Crippen LogP contribution is 2.17. The van der Waals surface area contributed by atoms with Crippen LogP contribution in [-0.2, 0) is 0 Å². The summed E-state index contributed by atoms with van der Waals surface area (Å²) >= 11 is 1.44. The number of aromatic nitrogens is 2. The Balaban J connectivity index is 2.06. The van der Waals surface area contributed by atoms with Crippen LogP contribution < -0.4 is 10.6 Å². The fraction of sp³-hybridized carbons (Fsp3) is 0.308. The van der Waals surface area contributed by atoms with Gasteiger partial charge in [0.15, 0.2) is 5.13 Å². The zero-order valence-corrected chi connectivity index (χ0v) is 11.8. The number of nitrogens with zero attached hydrogens (tertiary/aromatic N) is 2. The molecule has 0 bridgehead atoms. The molecule has 0 fully saturated rings. The van der Waals surface area contributed by atoms with Crippen LogP contribution in [0, 0.1) is 6.92 Å². The van der Waals surface area contributed by atoms with Crippen LogP contribution >= 0.6 is 11.3 Å². The first-order valence-electron chi connectivity index (χ1n) is 6.12. The molecular formula is C13H16N4OS. The Labute approximate surface area is 116 Å². The molecule has 0 aliphatic carbocycles. The molecule has 0 aromatic carbocycles. The van der Waals surface area contributed by atoms with E-state index in [1.54, 1.807) is 18.5 Å². The van der Waals surface area contributed by atoms with E-state index in [0.29, 0.717) is 10.8 Å². The average molecular weight is 276 g/mol. The zero-order valence-electron chi connectivity index (χ0n) is 10.9. The minimum Gasteiger partial charge on any atom is -0.385 e. The maximum atomic E-state index is 12.0. The van der Waals surface area contributed by atoms with E-state index in [1.807, 2.05) is 13.0 Å². The van der Waals surface area contributed by atoms with E-state index in [9.17, 15) is 4.79 Å². The van der Waals surface area contributed by atoms with Gasteiger partial charge in [0.2, 0.25) is 0 Å². The van der Waals surface area contributed by atoms with Gasteiger partial charge in [-0.15, -0.1) is 11.3 Å². The molecule has 0 aliphatic rings. The predicted octanol–water partition coefficient (Wildman–Crippen LogP) is 2.92.